The molecule has 0 aliphatic rings. The predicted molar refractivity (Wildman–Crippen MR) is 52.5 cm³/mol. The molecule has 1 atom stereocenters. The number of likely N-dealkylation sites (N-methyl/N-ethyl adjacent to an activating group) is 1. The summed E-state index contributed by atoms with van der Waals surface area (Å²) in [4.78, 5) is 13.0. The summed E-state index contributed by atoms with van der Waals surface area (Å²) in [5.41, 5.74) is 0. The van der Waals surface area contributed by atoms with Crippen LogP contribution in [0.2, 0.25) is 0 Å². The number of amides is 1. The van der Waals surface area contributed by atoms with Gasteiger partial charge in [0.25, 0.3) is 0 Å². The van der Waals surface area contributed by atoms with Gasteiger partial charge in [-0.1, -0.05) is 0 Å². The molecule has 0 saturated carbocycles. The second-order valence-corrected chi connectivity index (χ2v) is 3.42. The molecule has 0 aromatic rings. The van der Waals surface area contributed by atoms with E-state index in [4.69, 9.17) is 15.7 Å². The maximum atomic E-state index is 11.1. The van der Waals surface area contributed by atoms with Crippen molar-refractivity contribution in [2.45, 2.75) is 13.0 Å². The average molecular weight is 205 g/mol. The first kappa shape index (κ1) is 13.2. The molecule has 0 aromatic carbocycles. The molecular formula is C8H19N3O3. The minimum atomic E-state index is -0.651. The van der Waals surface area contributed by atoms with E-state index in [0.29, 0.717) is 13.2 Å². The van der Waals surface area contributed by atoms with Crippen LogP contribution in [0, 0.1) is 0 Å². The quantitative estimate of drug-likeness (QED) is 0.350. The zero-order valence-electron chi connectivity index (χ0n) is 8.93. The Morgan fingerprint density at radius 3 is 2.57 bits per heavy atom. The number of hydrazine groups is 1. The molecule has 0 fully saturated rings. The largest absolute Gasteiger partial charge is 0.447 e. The molecule has 0 bridgehead atoms. The highest BCUT2D eigenvalue weighted by Gasteiger charge is 2.12. The number of rotatable bonds is 5. The number of carbonyl (C=O) groups is 1. The standard InChI is InChI=1S/C8H19N3O3/c1-7(12)6-11(9)8(13)14-5-4-10(2)3/h7,12H,4-6,9H2,1-3H3. The Bertz CT molecular complexity index is 173. The maximum Gasteiger partial charge on any atom is 0.424 e. The fraction of sp³-hybridized carbons (Fsp3) is 0.875. The van der Waals surface area contributed by atoms with Crippen molar-refractivity contribution >= 4 is 6.09 Å². The molecule has 0 aromatic heterocycles. The Labute approximate surface area is 84.2 Å². The van der Waals surface area contributed by atoms with Crippen LogP contribution < -0.4 is 5.84 Å². The van der Waals surface area contributed by atoms with Gasteiger partial charge in [0.05, 0.1) is 12.6 Å². The van der Waals surface area contributed by atoms with Gasteiger partial charge in [0.1, 0.15) is 6.61 Å². The number of hydrogen-bond acceptors (Lipinski definition) is 5. The first-order valence-corrected chi connectivity index (χ1v) is 4.45. The normalized spacial score (nSPS) is 12.7. The van der Waals surface area contributed by atoms with Crippen LogP contribution in [0.1, 0.15) is 6.92 Å². The molecule has 1 unspecified atom stereocenters. The van der Waals surface area contributed by atoms with Gasteiger partial charge >= 0.3 is 6.09 Å². The third-order valence-corrected chi connectivity index (χ3v) is 1.46. The molecule has 84 valence electrons. The molecule has 0 saturated heterocycles. The predicted octanol–water partition coefficient (Wildman–Crippen LogP) is -0.759. The third kappa shape index (κ3) is 6.64. The van der Waals surface area contributed by atoms with E-state index < -0.39 is 12.2 Å². The molecule has 0 heterocycles. The summed E-state index contributed by atoms with van der Waals surface area (Å²) < 4.78 is 4.82. The van der Waals surface area contributed by atoms with Crippen LogP contribution in [0.4, 0.5) is 4.79 Å². The second-order valence-electron chi connectivity index (χ2n) is 3.42. The first-order chi connectivity index (χ1) is 6.43. The molecule has 0 radical (unpaired) electrons. The first-order valence-electron chi connectivity index (χ1n) is 4.45. The van der Waals surface area contributed by atoms with E-state index >= 15 is 0 Å². The van der Waals surface area contributed by atoms with Crippen molar-refractivity contribution in [3.8, 4) is 0 Å². The molecular weight excluding hydrogens is 186 g/mol. The van der Waals surface area contributed by atoms with E-state index in [-0.39, 0.29) is 6.54 Å². The van der Waals surface area contributed by atoms with Crippen molar-refractivity contribution in [2.75, 3.05) is 33.8 Å². The fourth-order valence-electron chi connectivity index (χ4n) is 0.758. The molecule has 6 heteroatoms. The van der Waals surface area contributed by atoms with Gasteiger partial charge in [-0.15, -0.1) is 0 Å². The molecule has 6 nitrogen and oxygen atoms in total. The van der Waals surface area contributed by atoms with Crippen molar-refractivity contribution < 1.29 is 14.6 Å². The third-order valence-electron chi connectivity index (χ3n) is 1.46. The summed E-state index contributed by atoms with van der Waals surface area (Å²) in [6.07, 6.45) is -1.27. The lowest BCUT2D eigenvalue weighted by molar-refractivity contribution is 0.0740. The monoisotopic (exact) mass is 205 g/mol. The number of aliphatic hydroxyl groups is 1. The van der Waals surface area contributed by atoms with E-state index in [0.717, 1.165) is 5.01 Å². The van der Waals surface area contributed by atoms with E-state index in [1.54, 1.807) is 6.92 Å². The lowest BCUT2D eigenvalue weighted by Crippen LogP contribution is -2.42. The van der Waals surface area contributed by atoms with Crippen molar-refractivity contribution in [3.63, 3.8) is 0 Å². The van der Waals surface area contributed by atoms with E-state index in [2.05, 4.69) is 0 Å². The summed E-state index contributed by atoms with van der Waals surface area (Å²) >= 11 is 0. The Hall–Kier alpha value is -0.850. The molecule has 0 rings (SSSR count). The molecule has 0 aliphatic carbocycles. The highest BCUT2D eigenvalue weighted by molar-refractivity contribution is 5.66. The highest BCUT2D eigenvalue weighted by atomic mass is 16.6. The van der Waals surface area contributed by atoms with Gasteiger partial charge in [-0.2, -0.15) is 0 Å². The van der Waals surface area contributed by atoms with Gasteiger partial charge in [0, 0.05) is 6.54 Å². The van der Waals surface area contributed by atoms with Crippen LogP contribution in [0.5, 0.6) is 0 Å². The lowest BCUT2D eigenvalue weighted by atomic mass is 10.4. The smallest absolute Gasteiger partial charge is 0.424 e. The zero-order valence-corrected chi connectivity index (χ0v) is 8.93. The van der Waals surface area contributed by atoms with Gasteiger partial charge in [0.2, 0.25) is 0 Å². The number of aliphatic hydroxyl groups excluding tert-OH is 1. The van der Waals surface area contributed by atoms with Gasteiger partial charge < -0.3 is 14.7 Å². The highest BCUT2D eigenvalue weighted by Crippen LogP contribution is 1.90. The summed E-state index contributed by atoms with van der Waals surface area (Å²) in [7, 11) is 3.76. The SMILES string of the molecule is CC(O)CN(N)C(=O)OCCN(C)C. The van der Waals surface area contributed by atoms with Gasteiger partial charge in [0.15, 0.2) is 0 Å². The number of nitrogens with two attached hydrogens (primary N) is 1. The molecule has 3 N–H and O–H groups in total. The van der Waals surface area contributed by atoms with Crippen LogP contribution in [-0.2, 0) is 4.74 Å². The minimum Gasteiger partial charge on any atom is -0.447 e. The van der Waals surface area contributed by atoms with E-state index in [1.165, 1.54) is 0 Å². The Morgan fingerprint density at radius 1 is 1.57 bits per heavy atom. The maximum absolute atomic E-state index is 11.1. The van der Waals surface area contributed by atoms with Gasteiger partial charge in [-0.05, 0) is 21.0 Å². The second kappa shape index (κ2) is 6.58. The Balaban J connectivity index is 3.62. The Morgan fingerprint density at radius 2 is 2.14 bits per heavy atom. The van der Waals surface area contributed by atoms with E-state index in [1.807, 2.05) is 19.0 Å². The van der Waals surface area contributed by atoms with Crippen LogP contribution >= 0.6 is 0 Å². The summed E-state index contributed by atoms with van der Waals surface area (Å²) in [5, 5.41) is 9.81. The van der Waals surface area contributed by atoms with Crippen LogP contribution in [0.15, 0.2) is 0 Å². The number of carbonyl (C=O) groups excluding carboxylic acids is 1. The van der Waals surface area contributed by atoms with E-state index in [9.17, 15) is 4.79 Å². The molecule has 1 amide bonds. The van der Waals surface area contributed by atoms with Crippen molar-refractivity contribution in [1.82, 2.24) is 9.91 Å². The number of nitrogens with zero attached hydrogens (tertiary/aromatic N) is 2. The Kier molecular flexibility index (Phi) is 6.18. The number of hydrogen-bond donors (Lipinski definition) is 2. The van der Waals surface area contributed by atoms with Gasteiger partial charge in [-0.3, -0.25) is 0 Å². The average Bonchev–Trinajstić information content (AvgIpc) is 2.01. The summed E-state index contributed by atoms with van der Waals surface area (Å²) in [6.45, 7) is 2.56. The van der Waals surface area contributed by atoms with Crippen LogP contribution in [-0.4, -0.2) is 61.0 Å². The van der Waals surface area contributed by atoms with Crippen molar-refractivity contribution in [1.29, 1.82) is 0 Å². The minimum absolute atomic E-state index is 0.0702. The van der Waals surface area contributed by atoms with Crippen molar-refractivity contribution in [3.05, 3.63) is 0 Å². The molecule has 0 spiro atoms. The van der Waals surface area contributed by atoms with Crippen molar-refractivity contribution in [2.24, 2.45) is 5.84 Å². The van der Waals surface area contributed by atoms with Gasteiger partial charge in [-0.25, -0.2) is 15.6 Å². The summed E-state index contributed by atoms with van der Waals surface area (Å²) in [6, 6.07) is 0. The topological polar surface area (TPSA) is 79.0 Å². The zero-order chi connectivity index (χ0) is 11.1. The molecule has 14 heavy (non-hydrogen) atoms. The van der Waals surface area contributed by atoms with Crippen LogP contribution in [0.3, 0.4) is 0 Å². The number of ether oxygens (including phenoxy) is 1. The molecule has 0 aliphatic heterocycles. The summed E-state index contributed by atoms with van der Waals surface area (Å²) in [5.74, 6) is 5.32. The lowest BCUT2D eigenvalue weighted by Gasteiger charge is -2.18. The van der Waals surface area contributed by atoms with Crippen LogP contribution in [0.25, 0.3) is 0 Å². The fourth-order valence-corrected chi connectivity index (χ4v) is 0.758.